The first kappa shape index (κ1) is 31.7. The van der Waals surface area contributed by atoms with Crippen LogP contribution in [0.4, 0.5) is 22.7 Å². The molecule has 0 unspecified atom stereocenters. The number of rotatable bonds is 5. The monoisotopic (exact) mass is 807 g/mol. The molecule has 242 valence electrons. The molecule has 0 saturated heterocycles. The number of nitrogens with zero attached hydrogens (tertiary/aromatic N) is 5. The number of pyridine rings is 2. The molecule has 8 rings (SSSR count). The van der Waals surface area contributed by atoms with Crippen LogP contribution in [0, 0.1) is 32.6 Å². The quantitative estimate of drug-likeness (QED) is 0.162. The summed E-state index contributed by atoms with van der Waals surface area (Å²) in [4.78, 5) is 13.7. The average molecular weight is 808 g/mol. The minimum absolute atomic E-state index is 0. The largest absolute Gasteiger partial charge is 0.503 e. The second-order valence-electron chi connectivity index (χ2n) is 13.1. The van der Waals surface area contributed by atoms with E-state index in [-0.39, 0.29) is 26.5 Å². The van der Waals surface area contributed by atoms with Gasteiger partial charge in [0.05, 0.1) is 0 Å². The van der Waals surface area contributed by atoms with Crippen LogP contribution in [-0.2, 0) is 26.5 Å². The maximum Gasteiger partial charge on any atom is 0.135 e. The number of benzene rings is 4. The van der Waals surface area contributed by atoms with E-state index in [9.17, 15) is 0 Å². The number of hydrogen-bond donors (Lipinski definition) is 0. The Bertz CT molecular complexity index is 2280. The first-order valence-electron chi connectivity index (χ1n) is 15.8. The van der Waals surface area contributed by atoms with Gasteiger partial charge in [-0.2, -0.15) is 23.9 Å². The number of ether oxygens (including phenoxy) is 1. The van der Waals surface area contributed by atoms with Crippen molar-refractivity contribution in [3.8, 4) is 17.4 Å². The van der Waals surface area contributed by atoms with Gasteiger partial charge in [-0.3, -0.25) is 4.98 Å². The molecule has 4 aromatic carbocycles. The third-order valence-electron chi connectivity index (χ3n) is 8.64. The Labute approximate surface area is 295 Å². The van der Waals surface area contributed by atoms with Gasteiger partial charge in [-0.1, -0.05) is 62.7 Å². The summed E-state index contributed by atoms with van der Waals surface area (Å²) in [5.41, 5.74) is 9.71. The number of fused-ring (bicyclic) bond motifs is 4. The van der Waals surface area contributed by atoms with Crippen molar-refractivity contribution in [3.63, 3.8) is 0 Å². The molecule has 0 atom stereocenters. The fourth-order valence-electron chi connectivity index (χ4n) is 6.43. The van der Waals surface area contributed by atoms with Gasteiger partial charge in [-0.15, -0.1) is 24.2 Å². The number of aromatic nitrogens is 3. The van der Waals surface area contributed by atoms with Crippen LogP contribution in [0.1, 0.15) is 37.5 Å². The maximum absolute atomic E-state index is 6.37. The third-order valence-corrected chi connectivity index (χ3v) is 8.64. The molecule has 1 aliphatic heterocycles. The van der Waals surface area contributed by atoms with Gasteiger partial charge in [0.1, 0.15) is 11.7 Å². The summed E-state index contributed by atoms with van der Waals surface area (Å²) in [7, 11) is 0. The molecule has 0 spiro atoms. The third kappa shape index (κ3) is 5.65. The molecule has 0 radical (unpaired) electrons. The predicted molar refractivity (Wildman–Crippen MR) is 190 cm³/mol. The molecular formula is C41H34N5OPt-3. The molecule has 7 aromatic rings. The molecule has 6 nitrogen and oxygen atoms in total. The van der Waals surface area contributed by atoms with E-state index in [1.807, 2.05) is 18.3 Å². The second kappa shape index (κ2) is 12.3. The van der Waals surface area contributed by atoms with Gasteiger partial charge >= 0.3 is 0 Å². The van der Waals surface area contributed by atoms with Crippen molar-refractivity contribution >= 4 is 44.6 Å². The van der Waals surface area contributed by atoms with Gasteiger partial charge in [0.25, 0.3) is 0 Å². The molecule has 1 aliphatic rings. The number of anilines is 4. The van der Waals surface area contributed by atoms with Crippen LogP contribution in [0.15, 0.2) is 109 Å². The Morgan fingerprint density at radius 3 is 2.19 bits per heavy atom. The molecule has 0 fully saturated rings. The summed E-state index contributed by atoms with van der Waals surface area (Å²) in [6, 6.07) is 40.5. The summed E-state index contributed by atoms with van der Waals surface area (Å²) in [5, 5.41) is 2.22. The van der Waals surface area contributed by atoms with E-state index in [2.05, 4.69) is 158 Å². The van der Waals surface area contributed by atoms with Crippen molar-refractivity contribution in [2.24, 2.45) is 0 Å². The van der Waals surface area contributed by atoms with Crippen LogP contribution in [0.2, 0.25) is 0 Å². The number of hydrogen-bond acceptors (Lipinski definition) is 5. The summed E-state index contributed by atoms with van der Waals surface area (Å²) in [6.45, 7) is 13.0. The van der Waals surface area contributed by atoms with Gasteiger partial charge in [-0.25, -0.2) is 4.98 Å². The van der Waals surface area contributed by atoms with Crippen LogP contribution in [0.3, 0.4) is 0 Å². The van der Waals surface area contributed by atoms with E-state index >= 15 is 0 Å². The zero-order chi connectivity index (χ0) is 32.3. The Kier molecular flexibility index (Phi) is 8.09. The number of para-hydroxylation sites is 3. The molecular weight excluding hydrogens is 774 g/mol. The van der Waals surface area contributed by atoms with Crippen LogP contribution < -0.4 is 14.5 Å². The van der Waals surface area contributed by atoms with Crippen molar-refractivity contribution in [2.45, 2.75) is 40.0 Å². The van der Waals surface area contributed by atoms with Crippen LogP contribution in [0.5, 0.6) is 11.6 Å². The van der Waals surface area contributed by atoms with Gasteiger partial charge in [0.15, 0.2) is 0 Å². The minimum atomic E-state index is -0.00967. The van der Waals surface area contributed by atoms with Crippen molar-refractivity contribution in [3.05, 3.63) is 145 Å². The summed E-state index contributed by atoms with van der Waals surface area (Å²) >= 11 is 0. The number of aryl methyl sites for hydroxylation is 2. The van der Waals surface area contributed by atoms with Crippen LogP contribution in [0.25, 0.3) is 27.6 Å². The molecule has 0 saturated carbocycles. The smallest absolute Gasteiger partial charge is 0.135 e. The second-order valence-corrected chi connectivity index (χ2v) is 13.1. The zero-order valence-electron chi connectivity index (χ0n) is 27.4. The van der Waals surface area contributed by atoms with Gasteiger partial charge in [-0.05, 0) is 90.0 Å². The van der Waals surface area contributed by atoms with E-state index in [0.29, 0.717) is 11.6 Å². The van der Waals surface area contributed by atoms with E-state index in [4.69, 9.17) is 9.72 Å². The standard InChI is InChI=1S/C41H34N5O.Pt/c1-27-20-28(2)22-31(21-27)45-26-44(36-12-8-9-13-37(36)45)30-17-19-43-40(24-30)47-32-14-15-34-33-10-6-7-11-35(33)46(38(34)25-32)39-23-29(16-18-42-39)41(3,4)5;/h6-23,26H,1-5H3;/q-3;. The van der Waals surface area contributed by atoms with Gasteiger partial charge in [0.2, 0.25) is 0 Å². The fraction of sp³-hybridized carbons (Fsp3) is 0.146. The Morgan fingerprint density at radius 1 is 0.708 bits per heavy atom. The summed E-state index contributed by atoms with van der Waals surface area (Å²) < 4.78 is 8.54. The molecule has 4 heterocycles. The Balaban J connectivity index is 0.00000364. The van der Waals surface area contributed by atoms with Crippen molar-refractivity contribution in [1.82, 2.24) is 14.5 Å². The predicted octanol–water partition coefficient (Wildman–Crippen LogP) is 10.3. The maximum atomic E-state index is 6.37. The normalized spacial score (nSPS) is 12.8. The van der Waals surface area contributed by atoms with Gasteiger partial charge in [0, 0.05) is 55.6 Å². The molecule has 0 aliphatic carbocycles. The van der Waals surface area contributed by atoms with Crippen LogP contribution in [-0.4, -0.2) is 14.5 Å². The van der Waals surface area contributed by atoms with Crippen molar-refractivity contribution in [1.29, 1.82) is 0 Å². The zero-order valence-corrected chi connectivity index (χ0v) is 29.7. The van der Waals surface area contributed by atoms with Crippen LogP contribution >= 0.6 is 0 Å². The molecule has 3 aromatic heterocycles. The van der Waals surface area contributed by atoms with E-state index in [1.54, 1.807) is 6.20 Å². The topological polar surface area (TPSA) is 46.4 Å². The molecule has 0 N–H and O–H groups in total. The van der Waals surface area contributed by atoms with Crippen molar-refractivity contribution < 1.29 is 25.8 Å². The Hall–Kier alpha value is -4.93. The molecule has 7 heteroatoms. The van der Waals surface area contributed by atoms with E-state index in [1.165, 1.54) is 16.7 Å². The Morgan fingerprint density at radius 2 is 1.42 bits per heavy atom. The average Bonchev–Trinajstić information content (AvgIpc) is 3.60. The molecule has 0 amide bonds. The minimum Gasteiger partial charge on any atom is -0.503 e. The first-order valence-corrected chi connectivity index (χ1v) is 15.8. The van der Waals surface area contributed by atoms with E-state index < -0.39 is 0 Å². The van der Waals surface area contributed by atoms with E-state index in [0.717, 1.165) is 50.4 Å². The van der Waals surface area contributed by atoms with Gasteiger partial charge < -0.3 is 19.1 Å². The first-order chi connectivity index (χ1) is 22.7. The van der Waals surface area contributed by atoms with Crippen molar-refractivity contribution in [2.75, 3.05) is 9.80 Å². The summed E-state index contributed by atoms with van der Waals surface area (Å²) in [5.74, 6) is 1.77. The molecule has 0 bridgehead atoms. The summed E-state index contributed by atoms with van der Waals surface area (Å²) in [6.07, 6.45) is 3.64. The fourth-order valence-corrected chi connectivity index (χ4v) is 6.43. The molecule has 48 heavy (non-hydrogen) atoms. The SMILES string of the molecule is Cc1cc(C)cc(N2[CH-]N(c3[c-]c(Oc4[c-]c5c(cc4)c4ccccc4n5-c4cc(C(C)(C)C)ccn4)ncc3)c3ccccc32)c1.[Pt].